The highest BCUT2D eigenvalue weighted by Gasteiger charge is 2.21. The third-order valence-electron chi connectivity index (χ3n) is 2.72. The quantitative estimate of drug-likeness (QED) is 0.795. The van der Waals surface area contributed by atoms with E-state index in [2.05, 4.69) is 4.72 Å². The van der Waals surface area contributed by atoms with Crippen molar-refractivity contribution in [3.05, 3.63) is 27.7 Å². The number of hydrogen-bond donors (Lipinski definition) is 2. The van der Waals surface area contributed by atoms with E-state index in [1.54, 1.807) is 7.11 Å². The molecule has 0 amide bonds. The maximum atomic E-state index is 12.2. The molecule has 0 aromatic heterocycles. The molecule has 0 aliphatic rings. The van der Waals surface area contributed by atoms with E-state index in [0.29, 0.717) is 17.2 Å². The van der Waals surface area contributed by atoms with Crippen LogP contribution in [0.5, 0.6) is 0 Å². The Hall–Kier alpha value is -0.370. The number of sulfonamides is 1. The number of hydrogen-bond acceptors (Lipinski definition) is 4. The number of nitrogens with one attached hydrogen (secondary N) is 1. The van der Waals surface area contributed by atoms with E-state index in [9.17, 15) is 8.42 Å². The molecule has 5 nitrogen and oxygen atoms in total. The van der Waals surface area contributed by atoms with E-state index in [-0.39, 0.29) is 28.9 Å². The minimum atomic E-state index is -3.71. The maximum Gasteiger partial charge on any atom is 0.242 e. The van der Waals surface area contributed by atoms with Gasteiger partial charge in [0.2, 0.25) is 10.0 Å². The molecule has 20 heavy (non-hydrogen) atoms. The molecule has 0 spiro atoms. The van der Waals surface area contributed by atoms with E-state index < -0.39 is 10.0 Å². The molecular formula is C12H18Cl2N2O3S. The van der Waals surface area contributed by atoms with Crippen LogP contribution in [0.1, 0.15) is 12.5 Å². The van der Waals surface area contributed by atoms with E-state index in [4.69, 9.17) is 33.7 Å². The highest BCUT2D eigenvalue weighted by atomic mass is 35.5. The van der Waals surface area contributed by atoms with Crippen molar-refractivity contribution in [3.63, 3.8) is 0 Å². The van der Waals surface area contributed by atoms with Gasteiger partial charge in [0.05, 0.1) is 5.02 Å². The van der Waals surface area contributed by atoms with Crippen molar-refractivity contribution >= 4 is 33.2 Å². The average molecular weight is 341 g/mol. The summed E-state index contributed by atoms with van der Waals surface area (Å²) < 4.78 is 31.9. The number of halogens is 2. The van der Waals surface area contributed by atoms with Crippen LogP contribution in [0.15, 0.2) is 17.0 Å². The lowest BCUT2D eigenvalue weighted by Crippen LogP contribution is -2.30. The number of rotatable bonds is 7. The number of nitrogens with two attached hydrogens (primary N) is 1. The predicted octanol–water partition coefficient (Wildman–Crippen LogP) is 2.01. The first-order valence-electron chi connectivity index (χ1n) is 5.99. The first-order valence-corrected chi connectivity index (χ1v) is 8.23. The number of benzene rings is 1. The summed E-state index contributed by atoms with van der Waals surface area (Å²) in [5.74, 6) is 0.0508. The molecule has 3 N–H and O–H groups in total. The van der Waals surface area contributed by atoms with Crippen molar-refractivity contribution in [2.45, 2.75) is 18.4 Å². The molecule has 1 atom stereocenters. The molecule has 8 heteroatoms. The van der Waals surface area contributed by atoms with Gasteiger partial charge in [-0.3, -0.25) is 0 Å². The zero-order chi connectivity index (χ0) is 15.3. The smallest absolute Gasteiger partial charge is 0.242 e. The van der Waals surface area contributed by atoms with Gasteiger partial charge in [-0.25, -0.2) is 13.1 Å². The van der Waals surface area contributed by atoms with Gasteiger partial charge in [-0.1, -0.05) is 30.1 Å². The second-order valence-corrected chi connectivity index (χ2v) is 6.98. The molecule has 0 aliphatic carbocycles. The lowest BCUT2D eigenvalue weighted by Gasteiger charge is -2.14. The summed E-state index contributed by atoms with van der Waals surface area (Å²) >= 11 is 12.0. The lowest BCUT2D eigenvalue weighted by atomic mass is 10.2. The van der Waals surface area contributed by atoms with Gasteiger partial charge in [0.1, 0.15) is 4.90 Å². The Morgan fingerprint density at radius 2 is 2.05 bits per heavy atom. The summed E-state index contributed by atoms with van der Waals surface area (Å²) in [6, 6.07) is 2.84. The van der Waals surface area contributed by atoms with Crippen molar-refractivity contribution in [1.29, 1.82) is 0 Å². The number of ether oxygens (including phenoxy) is 1. The van der Waals surface area contributed by atoms with Gasteiger partial charge in [-0.05, 0) is 18.1 Å². The molecule has 1 aromatic rings. The SMILES string of the molecule is COCC(C)CNS(=O)(=O)c1ccc(Cl)c(CN)c1Cl. The van der Waals surface area contributed by atoms with Gasteiger partial charge in [-0.15, -0.1) is 0 Å². The summed E-state index contributed by atoms with van der Waals surface area (Å²) in [6.45, 7) is 2.67. The van der Waals surface area contributed by atoms with Crippen LogP contribution in [-0.4, -0.2) is 28.7 Å². The van der Waals surface area contributed by atoms with E-state index in [0.717, 1.165) is 0 Å². The molecule has 0 bridgehead atoms. The van der Waals surface area contributed by atoms with Crippen LogP contribution in [0, 0.1) is 5.92 Å². The van der Waals surface area contributed by atoms with Gasteiger partial charge < -0.3 is 10.5 Å². The molecule has 0 saturated heterocycles. The Bertz CT molecular complexity index is 564. The Labute approximate surface area is 129 Å². The van der Waals surface area contributed by atoms with Crippen LogP contribution in [0.3, 0.4) is 0 Å². The highest BCUT2D eigenvalue weighted by Crippen LogP contribution is 2.30. The molecular weight excluding hydrogens is 323 g/mol. The third kappa shape index (κ3) is 4.31. The Morgan fingerprint density at radius 3 is 2.60 bits per heavy atom. The van der Waals surface area contributed by atoms with Gasteiger partial charge in [0.15, 0.2) is 0 Å². The first-order chi connectivity index (χ1) is 9.33. The first kappa shape index (κ1) is 17.7. The zero-order valence-corrected chi connectivity index (χ0v) is 13.6. The van der Waals surface area contributed by atoms with Crippen LogP contribution < -0.4 is 10.5 Å². The predicted molar refractivity (Wildman–Crippen MR) is 80.6 cm³/mol. The molecule has 0 fully saturated rings. The summed E-state index contributed by atoms with van der Waals surface area (Å²) in [6.07, 6.45) is 0. The van der Waals surface area contributed by atoms with Crippen molar-refractivity contribution in [3.8, 4) is 0 Å². The highest BCUT2D eigenvalue weighted by molar-refractivity contribution is 7.89. The topological polar surface area (TPSA) is 81.4 Å². The Kier molecular flexibility index (Phi) is 6.71. The van der Waals surface area contributed by atoms with E-state index in [1.807, 2.05) is 6.92 Å². The normalized spacial score (nSPS) is 13.4. The van der Waals surface area contributed by atoms with Gasteiger partial charge >= 0.3 is 0 Å². The summed E-state index contributed by atoms with van der Waals surface area (Å²) in [5.41, 5.74) is 5.94. The van der Waals surface area contributed by atoms with Crippen LogP contribution in [0.2, 0.25) is 10.0 Å². The zero-order valence-electron chi connectivity index (χ0n) is 11.3. The fourth-order valence-electron chi connectivity index (χ4n) is 1.64. The second-order valence-electron chi connectivity index (χ2n) is 4.45. The molecule has 114 valence electrons. The van der Waals surface area contributed by atoms with Crippen molar-refractivity contribution in [2.24, 2.45) is 11.7 Å². The monoisotopic (exact) mass is 340 g/mol. The van der Waals surface area contributed by atoms with Crippen molar-refractivity contribution in [2.75, 3.05) is 20.3 Å². The van der Waals surface area contributed by atoms with Crippen LogP contribution in [-0.2, 0) is 21.3 Å². The molecule has 0 aliphatic heterocycles. The van der Waals surface area contributed by atoms with Gasteiger partial charge in [0, 0.05) is 37.4 Å². The number of methoxy groups -OCH3 is 1. The van der Waals surface area contributed by atoms with Crippen molar-refractivity contribution in [1.82, 2.24) is 4.72 Å². The Morgan fingerprint density at radius 1 is 1.40 bits per heavy atom. The minimum Gasteiger partial charge on any atom is -0.384 e. The van der Waals surface area contributed by atoms with E-state index in [1.165, 1.54) is 12.1 Å². The van der Waals surface area contributed by atoms with Gasteiger partial charge in [0.25, 0.3) is 0 Å². The van der Waals surface area contributed by atoms with Gasteiger partial charge in [-0.2, -0.15) is 0 Å². The summed E-state index contributed by atoms with van der Waals surface area (Å²) in [4.78, 5) is -0.0198. The average Bonchev–Trinajstić information content (AvgIpc) is 2.37. The van der Waals surface area contributed by atoms with Crippen molar-refractivity contribution < 1.29 is 13.2 Å². The molecule has 0 radical (unpaired) electrons. The van der Waals surface area contributed by atoms with Crippen LogP contribution in [0.4, 0.5) is 0 Å². The Balaban J connectivity index is 2.99. The molecule has 1 aromatic carbocycles. The fourth-order valence-corrected chi connectivity index (χ4v) is 3.74. The summed E-state index contributed by atoms with van der Waals surface area (Å²) in [5, 5.41) is 0.413. The van der Waals surface area contributed by atoms with Crippen LogP contribution >= 0.6 is 23.2 Å². The molecule has 0 saturated carbocycles. The summed E-state index contributed by atoms with van der Waals surface area (Å²) in [7, 11) is -2.14. The largest absolute Gasteiger partial charge is 0.384 e. The maximum absolute atomic E-state index is 12.2. The fraction of sp³-hybridized carbons (Fsp3) is 0.500. The molecule has 0 heterocycles. The second kappa shape index (κ2) is 7.59. The van der Waals surface area contributed by atoms with Crippen LogP contribution in [0.25, 0.3) is 0 Å². The molecule has 1 rings (SSSR count). The van der Waals surface area contributed by atoms with E-state index >= 15 is 0 Å². The minimum absolute atomic E-state index is 0.0198. The lowest BCUT2D eigenvalue weighted by molar-refractivity contribution is 0.161. The standard InChI is InChI=1S/C12H18Cl2N2O3S/c1-8(7-19-2)6-16-20(17,18)11-4-3-10(13)9(5-15)12(11)14/h3-4,8,16H,5-7,15H2,1-2H3. The molecule has 1 unspecified atom stereocenters. The third-order valence-corrected chi connectivity index (χ3v) is 5.08.